The van der Waals surface area contributed by atoms with E-state index in [1.54, 1.807) is 0 Å². The number of esters is 1. The predicted octanol–water partition coefficient (Wildman–Crippen LogP) is -0.139. The summed E-state index contributed by atoms with van der Waals surface area (Å²) in [7, 11) is 1.33. The highest BCUT2D eigenvalue weighted by molar-refractivity contribution is 5.91. The van der Waals surface area contributed by atoms with Crippen LogP contribution in [-0.4, -0.2) is 51.0 Å². The third-order valence-corrected chi connectivity index (χ3v) is 4.60. The Balaban J connectivity index is 1.66. The summed E-state index contributed by atoms with van der Waals surface area (Å²) < 4.78 is 15.4. The van der Waals surface area contributed by atoms with Crippen molar-refractivity contribution in [1.29, 1.82) is 0 Å². The third kappa shape index (κ3) is 2.03. The molecule has 6 heteroatoms. The van der Waals surface area contributed by atoms with Gasteiger partial charge in [-0.25, -0.2) is 4.79 Å². The van der Waals surface area contributed by atoms with Crippen molar-refractivity contribution >= 4 is 11.9 Å². The zero-order valence-electron chi connectivity index (χ0n) is 11.1. The lowest BCUT2D eigenvalue weighted by atomic mass is 9.97. The summed E-state index contributed by atoms with van der Waals surface area (Å²) >= 11 is 0. The quantitative estimate of drug-likeness (QED) is 0.722. The Morgan fingerprint density at radius 1 is 1.21 bits per heavy atom. The average Bonchev–Trinajstić information content (AvgIpc) is 2.78. The summed E-state index contributed by atoms with van der Waals surface area (Å²) in [4.78, 5) is 24.2. The van der Waals surface area contributed by atoms with Crippen LogP contribution in [-0.2, 0) is 23.8 Å². The van der Waals surface area contributed by atoms with Crippen LogP contribution in [0.2, 0.25) is 0 Å². The number of carbonyl (C=O) groups is 2. The fourth-order valence-electron chi connectivity index (χ4n) is 3.17. The summed E-state index contributed by atoms with van der Waals surface area (Å²) in [5.41, 5.74) is -0.962. The van der Waals surface area contributed by atoms with Gasteiger partial charge in [0.1, 0.15) is 0 Å². The van der Waals surface area contributed by atoms with E-state index in [9.17, 15) is 9.59 Å². The van der Waals surface area contributed by atoms with Crippen molar-refractivity contribution in [3.05, 3.63) is 0 Å². The molecule has 3 unspecified atom stereocenters. The Morgan fingerprint density at radius 2 is 1.95 bits per heavy atom. The van der Waals surface area contributed by atoms with Gasteiger partial charge < -0.3 is 19.5 Å². The van der Waals surface area contributed by atoms with Gasteiger partial charge in [0, 0.05) is 31.0 Å². The molecular weight excluding hydrogens is 250 g/mol. The lowest BCUT2D eigenvalue weighted by Crippen LogP contribution is -2.56. The van der Waals surface area contributed by atoms with Crippen LogP contribution in [0.4, 0.5) is 0 Å². The van der Waals surface area contributed by atoms with E-state index in [1.165, 1.54) is 7.11 Å². The summed E-state index contributed by atoms with van der Waals surface area (Å²) in [6, 6.07) is 0. The monoisotopic (exact) mass is 269 g/mol. The molecule has 3 aliphatic rings. The molecule has 19 heavy (non-hydrogen) atoms. The topological polar surface area (TPSA) is 73.9 Å². The van der Waals surface area contributed by atoms with E-state index in [4.69, 9.17) is 14.2 Å². The van der Waals surface area contributed by atoms with Crippen molar-refractivity contribution in [3.8, 4) is 0 Å². The average molecular weight is 269 g/mol. The van der Waals surface area contributed by atoms with Gasteiger partial charge in [-0.1, -0.05) is 0 Å². The first-order chi connectivity index (χ1) is 9.12. The Kier molecular flexibility index (Phi) is 3.02. The maximum Gasteiger partial charge on any atom is 0.334 e. The molecule has 0 bridgehead atoms. The van der Waals surface area contributed by atoms with E-state index in [0.717, 1.165) is 19.4 Å². The van der Waals surface area contributed by atoms with Gasteiger partial charge in [0.25, 0.3) is 0 Å². The smallest absolute Gasteiger partial charge is 0.334 e. The first-order valence-electron chi connectivity index (χ1n) is 6.68. The standard InChI is InChI=1S/C13H19NO5/c1-17-11(16)13(3-5-19-8-13)14-10(15)9-6-12(9)2-4-18-7-12/h9H,2-8H2,1H3,(H,14,15). The molecule has 0 radical (unpaired) electrons. The fraction of sp³-hybridized carbons (Fsp3) is 0.846. The Hall–Kier alpha value is -1.14. The lowest BCUT2D eigenvalue weighted by molar-refractivity contribution is -0.151. The molecule has 1 N–H and O–H groups in total. The van der Waals surface area contributed by atoms with Gasteiger partial charge in [-0.3, -0.25) is 4.79 Å². The highest BCUT2D eigenvalue weighted by atomic mass is 16.5. The zero-order valence-corrected chi connectivity index (χ0v) is 11.1. The van der Waals surface area contributed by atoms with Gasteiger partial charge in [0.05, 0.1) is 20.3 Å². The number of hydrogen-bond acceptors (Lipinski definition) is 5. The molecule has 106 valence electrons. The van der Waals surface area contributed by atoms with Crippen LogP contribution in [0.3, 0.4) is 0 Å². The van der Waals surface area contributed by atoms with Gasteiger partial charge in [0.2, 0.25) is 5.91 Å². The van der Waals surface area contributed by atoms with Gasteiger partial charge in [0.15, 0.2) is 5.54 Å². The number of rotatable bonds is 3. The van der Waals surface area contributed by atoms with Crippen molar-refractivity contribution in [1.82, 2.24) is 5.32 Å². The first kappa shape index (κ1) is 12.9. The molecule has 0 aromatic carbocycles. The van der Waals surface area contributed by atoms with Crippen LogP contribution in [0.1, 0.15) is 19.3 Å². The molecule has 2 saturated heterocycles. The van der Waals surface area contributed by atoms with Crippen molar-refractivity contribution in [2.24, 2.45) is 11.3 Å². The van der Waals surface area contributed by atoms with E-state index < -0.39 is 11.5 Å². The third-order valence-electron chi connectivity index (χ3n) is 4.60. The molecule has 6 nitrogen and oxygen atoms in total. The van der Waals surface area contributed by atoms with Crippen molar-refractivity contribution < 1.29 is 23.8 Å². The van der Waals surface area contributed by atoms with Crippen LogP contribution in [0.25, 0.3) is 0 Å². The fourth-order valence-corrected chi connectivity index (χ4v) is 3.17. The first-order valence-corrected chi connectivity index (χ1v) is 6.68. The van der Waals surface area contributed by atoms with Gasteiger partial charge in [-0.05, 0) is 12.8 Å². The molecule has 3 atom stereocenters. The summed E-state index contributed by atoms with van der Waals surface area (Å²) in [5.74, 6) is -0.519. The van der Waals surface area contributed by atoms with Crippen molar-refractivity contribution in [2.75, 3.05) is 33.5 Å². The van der Waals surface area contributed by atoms with E-state index >= 15 is 0 Å². The van der Waals surface area contributed by atoms with Gasteiger partial charge >= 0.3 is 5.97 Å². The minimum atomic E-state index is -0.991. The second-order valence-corrected chi connectivity index (χ2v) is 5.79. The molecule has 0 aromatic heterocycles. The molecule has 2 aliphatic heterocycles. The molecule has 1 saturated carbocycles. The van der Waals surface area contributed by atoms with Gasteiger partial charge in [-0.2, -0.15) is 0 Å². The number of hydrogen-bond donors (Lipinski definition) is 1. The van der Waals surface area contributed by atoms with E-state index in [1.807, 2.05) is 0 Å². The number of nitrogens with one attached hydrogen (secondary N) is 1. The van der Waals surface area contributed by atoms with Crippen LogP contribution >= 0.6 is 0 Å². The molecule has 1 aliphatic carbocycles. The highest BCUT2D eigenvalue weighted by Crippen LogP contribution is 2.58. The minimum absolute atomic E-state index is 0.0286. The van der Waals surface area contributed by atoms with E-state index in [-0.39, 0.29) is 23.8 Å². The Labute approximate surface area is 111 Å². The number of methoxy groups -OCH3 is 1. The predicted molar refractivity (Wildman–Crippen MR) is 64.3 cm³/mol. The van der Waals surface area contributed by atoms with Crippen molar-refractivity contribution in [2.45, 2.75) is 24.8 Å². The van der Waals surface area contributed by atoms with Gasteiger partial charge in [-0.15, -0.1) is 0 Å². The zero-order chi connectivity index (χ0) is 13.5. The number of amides is 1. The molecule has 0 aromatic rings. The van der Waals surface area contributed by atoms with Crippen LogP contribution < -0.4 is 5.32 Å². The molecule has 2 heterocycles. The van der Waals surface area contributed by atoms with E-state index in [2.05, 4.69) is 5.32 Å². The summed E-state index contributed by atoms with van der Waals surface area (Å²) in [5, 5.41) is 2.86. The lowest BCUT2D eigenvalue weighted by Gasteiger charge is -2.26. The second kappa shape index (κ2) is 4.45. The minimum Gasteiger partial charge on any atom is -0.467 e. The van der Waals surface area contributed by atoms with Crippen LogP contribution in [0.5, 0.6) is 0 Å². The summed E-state index contributed by atoms with van der Waals surface area (Å²) in [6.07, 6.45) is 2.27. The summed E-state index contributed by atoms with van der Waals surface area (Å²) in [6.45, 7) is 2.05. The largest absolute Gasteiger partial charge is 0.467 e. The number of ether oxygens (including phenoxy) is 3. The normalized spacial score (nSPS) is 40.4. The van der Waals surface area contributed by atoms with Crippen LogP contribution in [0.15, 0.2) is 0 Å². The maximum atomic E-state index is 12.3. The van der Waals surface area contributed by atoms with Crippen LogP contribution in [0, 0.1) is 11.3 Å². The maximum absolute atomic E-state index is 12.3. The molecule has 3 fully saturated rings. The molecule has 1 amide bonds. The Morgan fingerprint density at radius 3 is 2.53 bits per heavy atom. The van der Waals surface area contributed by atoms with E-state index in [0.29, 0.717) is 19.6 Å². The molecule has 3 rings (SSSR count). The molecule has 1 spiro atoms. The number of carbonyl (C=O) groups excluding carboxylic acids is 2. The Bertz CT molecular complexity index is 396. The second-order valence-electron chi connectivity index (χ2n) is 5.79. The SMILES string of the molecule is COC(=O)C1(NC(=O)C2CC23CCOC3)CCOC1. The molecular formula is C13H19NO5. The van der Waals surface area contributed by atoms with Crippen molar-refractivity contribution in [3.63, 3.8) is 0 Å². The highest BCUT2D eigenvalue weighted by Gasteiger charge is 2.61.